The number of hydrogen-bond donors (Lipinski definition) is 2. The molecule has 1 amide bonds. The van der Waals surface area contributed by atoms with Crippen molar-refractivity contribution in [2.75, 3.05) is 7.05 Å². The molecule has 0 spiro atoms. The fourth-order valence-electron chi connectivity index (χ4n) is 1.10. The number of nitrogens with one attached hydrogen (secondary N) is 1. The highest BCUT2D eigenvalue weighted by Crippen LogP contribution is 2.26. The van der Waals surface area contributed by atoms with Crippen LogP contribution in [-0.4, -0.2) is 29.9 Å². The fourth-order valence-corrected chi connectivity index (χ4v) is 1.10. The van der Waals surface area contributed by atoms with Gasteiger partial charge in [-0.1, -0.05) is 0 Å². The van der Waals surface area contributed by atoms with Crippen LogP contribution in [0, 0.1) is 0 Å². The molecule has 4 heteroatoms. The molecule has 1 aliphatic carbocycles. The van der Waals surface area contributed by atoms with Crippen LogP contribution in [0.4, 0.5) is 0 Å². The predicted octanol–water partition coefficient (Wildman–Crippen LogP) is -0.541. The Kier molecular flexibility index (Phi) is 2.46. The van der Waals surface area contributed by atoms with Gasteiger partial charge in [0, 0.05) is 6.04 Å². The van der Waals surface area contributed by atoms with Gasteiger partial charge in [0.05, 0.1) is 6.04 Å². The van der Waals surface area contributed by atoms with E-state index in [-0.39, 0.29) is 11.9 Å². The zero-order valence-corrected chi connectivity index (χ0v) is 7.00. The molecule has 0 radical (unpaired) electrons. The summed E-state index contributed by atoms with van der Waals surface area (Å²) in [6, 6.07) is 0.495. The third-order valence-corrected chi connectivity index (χ3v) is 2.26. The second-order valence-electron chi connectivity index (χ2n) is 3.08. The molecule has 11 heavy (non-hydrogen) atoms. The first-order valence-electron chi connectivity index (χ1n) is 3.89. The lowest BCUT2D eigenvalue weighted by Gasteiger charge is -2.22. The lowest BCUT2D eigenvalue weighted by Crippen LogP contribution is -2.46. The maximum Gasteiger partial charge on any atom is 0.250 e. The zero-order valence-electron chi connectivity index (χ0n) is 7.00. The van der Waals surface area contributed by atoms with Gasteiger partial charge in [0.15, 0.2) is 0 Å². The average Bonchev–Trinajstić information content (AvgIpc) is 2.82. The van der Waals surface area contributed by atoms with Gasteiger partial charge in [-0.25, -0.2) is 5.84 Å². The molecule has 1 unspecified atom stereocenters. The standard InChI is InChI=1S/C7H15N3O/c1-5(7(11)9-8)10(2)6-3-4-6/h5-6H,3-4,8H2,1-2H3,(H,9,11). The summed E-state index contributed by atoms with van der Waals surface area (Å²) in [5.41, 5.74) is 2.15. The molecule has 1 saturated carbocycles. The quantitative estimate of drug-likeness (QED) is 0.328. The van der Waals surface area contributed by atoms with Crippen LogP contribution in [0.25, 0.3) is 0 Å². The molecular weight excluding hydrogens is 142 g/mol. The van der Waals surface area contributed by atoms with Crippen molar-refractivity contribution in [3.05, 3.63) is 0 Å². The lowest BCUT2D eigenvalue weighted by molar-refractivity contribution is -0.125. The van der Waals surface area contributed by atoms with E-state index < -0.39 is 0 Å². The highest BCUT2D eigenvalue weighted by Gasteiger charge is 2.31. The molecule has 0 bridgehead atoms. The van der Waals surface area contributed by atoms with E-state index in [1.54, 1.807) is 0 Å². The minimum atomic E-state index is -0.112. The highest BCUT2D eigenvalue weighted by molar-refractivity contribution is 5.80. The number of amides is 1. The van der Waals surface area contributed by atoms with Crippen molar-refractivity contribution < 1.29 is 4.79 Å². The Morgan fingerprint density at radius 1 is 1.73 bits per heavy atom. The van der Waals surface area contributed by atoms with E-state index in [9.17, 15) is 4.79 Å². The molecule has 4 nitrogen and oxygen atoms in total. The number of hydrazine groups is 1. The van der Waals surface area contributed by atoms with Gasteiger partial charge in [-0.2, -0.15) is 0 Å². The monoisotopic (exact) mass is 157 g/mol. The Hall–Kier alpha value is -0.610. The first-order chi connectivity index (χ1) is 5.16. The smallest absolute Gasteiger partial charge is 0.250 e. The Labute approximate surface area is 66.7 Å². The van der Waals surface area contributed by atoms with Crippen molar-refractivity contribution in [1.82, 2.24) is 10.3 Å². The molecule has 64 valence electrons. The molecular formula is C7H15N3O. The van der Waals surface area contributed by atoms with E-state index in [0.29, 0.717) is 6.04 Å². The zero-order chi connectivity index (χ0) is 8.43. The average molecular weight is 157 g/mol. The van der Waals surface area contributed by atoms with Crippen molar-refractivity contribution >= 4 is 5.91 Å². The summed E-state index contributed by atoms with van der Waals surface area (Å²) in [6.07, 6.45) is 2.41. The van der Waals surface area contributed by atoms with Gasteiger partial charge < -0.3 is 0 Å². The number of rotatable bonds is 3. The number of likely N-dealkylation sites (N-methyl/N-ethyl adjacent to an activating group) is 1. The second kappa shape index (κ2) is 3.19. The van der Waals surface area contributed by atoms with Crippen LogP contribution in [0.3, 0.4) is 0 Å². The minimum Gasteiger partial charge on any atom is -0.293 e. The maximum atomic E-state index is 11.0. The van der Waals surface area contributed by atoms with Crippen LogP contribution in [0.1, 0.15) is 19.8 Å². The third-order valence-electron chi connectivity index (χ3n) is 2.26. The van der Waals surface area contributed by atoms with Crippen molar-refractivity contribution in [2.45, 2.75) is 31.8 Å². The van der Waals surface area contributed by atoms with Gasteiger partial charge >= 0.3 is 0 Å². The van der Waals surface area contributed by atoms with Gasteiger partial charge in [-0.15, -0.1) is 0 Å². The van der Waals surface area contributed by atoms with Crippen LogP contribution in [0.2, 0.25) is 0 Å². The summed E-state index contributed by atoms with van der Waals surface area (Å²) in [4.78, 5) is 13.1. The molecule has 0 aromatic rings. The third kappa shape index (κ3) is 1.91. The topological polar surface area (TPSA) is 58.4 Å². The molecule has 1 aliphatic rings. The number of nitrogens with zero attached hydrogens (tertiary/aromatic N) is 1. The van der Waals surface area contributed by atoms with Crippen LogP contribution >= 0.6 is 0 Å². The van der Waals surface area contributed by atoms with Crippen molar-refractivity contribution in [1.29, 1.82) is 0 Å². The number of hydrogen-bond acceptors (Lipinski definition) is 3. The molecule has 0 aromatic carbocycles. The van der Waals surface area contributed by atoms with Gasteiger partial charge in [0.25, 0.3) is 5.91 Å². The molecule has 1 rings (SSSR count). The predicted molar refractivity (Wildman–Crippen MR) is 42.6 cm³/mol. The minimum absolute atomic E-state index is 0.104. The molecule has 0 saturated heterocycles. The van der Waals surface area contributed by atoms with Gasteiger partial charge in [0.1, 0.15) is 0 Å². The van der Waals surface area contributed by atoms with E-state index in [1.807, 2.05) is 14.0 Å². The van der Waals surface area contributed by atoms with Crippen molar-refractivity contribution in [3.63, 3.8) is 0 Å². The van der Waals surface area contributed by atoms with Crippen LogP contribution in [-0.2, 0) is 4.79 Å². The molecule has 0 aliphatic heterocycles. The Balaban J connectivity index is 2.38. The van der Waals surface area contributed by atoms with Gasteiger partial charge in [0.2, 0.25) is 0 Å². The Bertz CT molecular complexity index is 156. The SMILES string of the molecule is CC(C(=O)NN)N(C)C1CC1. The Morgan fingerprint density at radius 2 is 2.27 bits per heavy atom. The van der Waals surface area contributed by atoms with E-state index in [2.05, 4.69) is 10.3 Å². The molecule has 0 aromatic heterocycles. The molecule has 0 heterocycles. The first-order valence-corrected chi connectivity index (χ1v) is 3.89. The molecule has 1 atom stereocenters. The normalized spacial score (nSPS) is 20.0. The van der Waals surface area contributed by atoms with Crippen LogP contribution in [0.15, 0.2) is 0 Å². The van der Waals surface area contributed by atoms with Crippen molar-refractivity contribution in [2.24, 2.45) is 5.84 Å². The highest BCUT2D eigenvalue weighted by atomic mass is 16.2. The van der Waals surface area contributed by atoms with E-state index in [1.165, 1.54) is 12.8 Å². The van der Waals surface area contributed by atoms with Crippen molar-refractivity contribution in [3.8, 4) is 0 Å². The summed E-state index contributed by atoms with van der Waals surface area (Å²) in [5, 5.41) is 0. The van der Waals surface area contributed by atoms with E-state index >= 15 is 0 Å². The summed E-state index contributed by atoms with van der Waals surface area (Å²) in [5.74, 6) is 4.89. The number of nitrogens with two attached hydrogens (primary N) is 1. The fraction of sp³-hybridized carbons (Fsp3) is 0.857. The van der Waals surface area contributed by atoms with Crippen LogP contribution < -0.4 is 11.3 Å². The number of carbonyl (C=O) groups excluding carboxylic acids is 1. The second-order valence-corrected chi connectivity index (χ2v) is 3.08. The summed E-state index contributed by atoms with van der Waals surface area (Å²) in [6.45, 7) is 1.86. The Morgan fingerprint density at radius 3 is 2.64 bits per heavy atom. The molecule has 1 fully saturated rings. The van der Waals surface area contributed by atoms with Gasteiger partial charge in [-0.3, -0.25) is 15.1 Å². The largest absolute Gasteiger partial charge is 0.293 e. The maximum absolute atomic E-state index is 11.0. The van der Waals surface area contributed by atoms with Crippen LogP contribution in [0.5, 0.6) is 0 Å². The van der Waals surface area contributed by atoms with E-state index in [0.717, 1.165) is 0 Å². The summed E-state index contributed by atoms with van der Waals surface area (Å²) >= 11 is 0. The molecule has 3 N–H and O–H groups in total. The number of carbonyl (C=O) groups is 1. The summed E-state index contributed by atoms with van der Waals surface area (Å²) in [7, 11) is 1.96. The van der Waals surface area contributed by atoms with Gasteiger partial charge in [-0.05, 0) is 26.8 Å². The summed E-state index contributed by atoms with van der Waals surface area (Å²) < 4.78 is 0. The lowest BCUT2D eigenvalue weighted by atomic mass is 10.3. The first kappa shape index (κ1) is 8.49. The van der Waals surface area contributed by atoms with E-state index in [4.69, 9.17) is 5.84 Å².